The molecule has 2 rings (SSSR count). The van der Waals surface area contributed by atoms with E-state index < -0.39 is 22.0 Å². The van der Waals surface area contributed by atoms with Crippen LogP contribution in [0.4, 0.5) is 0 Å². The predicted molar refractivity (Wildman–Crippen MR) is 66.1 cm³/mol. The van der Waals surface area contributed by atoms with E-state index in [4.69, 9.17) is 4.74 Å². The molecule has 0 saturated heterocycles. The second-order valence-corrected chi connectivity index (χ2v) is 6.07. The summed E-state index contributed by atoms with van der Waals surface area (Å²) in [6.45, 7) is 5.60. The molecule has 0 atom stereocenters. The van der Waals surface area contributed by atoms with Crippen molar-refractivity contribution >= 4 is 15.9 Å². The summed E-state index contributed by atoms with van der Waals surface area (Å²) in [7, 11) is -3.73. The maximum atomic E-state index is 12.2. The van der Waals surface area contributed by atoms with E-state index in [9.17, 15) is 13.2 Å². The molecule has 0 aromatic heterocycles. The first-order valence-corrected chi connectivity index (χ1v) is 7.19. The molecule has 1 amide bonds. The molecule has 1 heterocycles. The number of amides is 1. The van der Waals surface area contributed by atoms with Gasteiger partial charge in [-0.25, -0.2) is 12.7 Å². The molecule has 1 aromatic carbocycles. The van der Waals surface area contributed by atoms with E-state index in [-0.39, 0.29) is 10.5 Å². The molecule has 0 spiro atoms. The summed E-state index contributed by atoms with van der Waals surface area (Å²) in [4.78, 5) is 12.1. The molecule has 0 aliphatic carbocycles. The highest BCUT2D eigenvalue weighted by Gasteiger charge is 2.42. The SMILES string of the molecule is CCOc1ccc2c(c1)S(=O)(=O)N(C(C)C)C2=O. The number of benzene rings is 1. The van der Waals surface area contributed by atoms with Crippen molar-refractivity contribution in [3.8, 4) is 5.75 Å². The van der Waals surface area contributed by atoms with Crippen molar-refractivity contribution < 1.29 is 17.9 Å². The Morgan fingerprint density at radius 1 is 1.33 bits per heavy atom. The van der Waals surface area contributed by atoms with Gasteiger partial charge in [0.05, 0.1) is 12.2 Å². The lowest BCUT2D eigenvalue weighted by Crippen LogP contribution is -2.36. The monoisotopic (exact) mass is 269 g/mol. The van der Waals surface area contributed by atoms with Gasteiger partial charge >= 0.3 is 0 Å². The van der Waals surface area contributed by atoms with Gasteiger partial charge in [0.1, 0.15) is 10.6 Å². The van der Waals surface area contributed by atoms with Crippen LogP contribution < -0.4 is 4.74 Å². The summed E-state index contributed by atoms with van der Waals surface area (Å²) in [5, 5.41) is 0. The van der Waals surface area contributed by atoms with E-state index in [0.717, 1.165) is 4.31 Å². The fourth-order valence-corrected chi connectivity index (χ4v) is 3.78. The zero-order valence-corrected chi connectivity index (χ0v) is 11.3. The van der Waals surface area contributed by atoms with Crippen LogP contribution in [0, 0.1) is 0 Å². The molecule has 0 bridgehead atoms. The molecule has 0 radical (unpaired) electrons. The van der Waals surface area contributed by atoms with Gasteiger partial charge in [-0.1, -0.05) is 0 Å². The average molecular weight is 269 g/mol. The summed E-state index contributed by atoms with van der Waals surface area (Å²) in [5.74, 6) is -0.0127. The summed E-state index contributed by atoms with van der Waals surface area (Å²) in [6.07, 6.45) is 0. The van der Waals surface area contributed by atoms with Gasteiger partial charge < -0.3 is 4.74 Å². The number of hydrogen-bond acceptors (Lipinski definition) is 4. The van der Waals surface area contributed by atoms with Crippen molar-refractivity contribution in [2.75, 3.05) is 6.61 Å². The van der Waals surface area contributed by atoms with Crippen LogP contribution in [0.25, 0.3) is 0 Å². The zero-order chi connectivity index (χ0) is 13.5. The van der Waals surface area contributed by atoms with E-state index in [0.29, 0.717) is 12.4 Å². The van der Waals surface area contributed by atoms with E-state index in [1.807, 2.05) is 6.92 Å². The van der Waals surface area contributed by atoms with Crippen LogP contribution in [-0.2, 0) is 10.0 Å². The lowest BCUT2D eigenvalue weighted by Gasteiger charge is -2.18. The highest BCUT2D eigenvalue weighted by Crippen LogP contribution is 2.34. The smallest absolute Gasteiger partial charge is 0.269 e. The lowest BCUT2D eigenvalue weighted by molar-refractivity contribution is 0.0846. The summed E-state index contributed by atoms with van der Waals surface area (Å²) < 4.78 is 30.7. The molecule has 0 N–H and O–H groups in total. The van der Waals surface area contributed by atoms with Crippen LogP contribution in [0.5, 0.6) is 5.75 Å². The molecule has 0 saturated carbocycles. The summed E-state index contributed by atoms with van der Waals surface area (Å²) >= 11 is 0. The fourth-order valence-electron chi connectivity index (χ4n) is 2.00. The number of ether oxygens (including phenoxy) is 1. The molecule has 1 aliphatic heterocycles. The van der Waals surface area contributed by atoms with Gasteiger partial charge in [0, 0.05) is 12.1 Å². The average Bonchev–Trinajstić information content (AvgIpc) is 2.47. The van der Waals surface area contributed by atoms with Gasteiger partial charge in [0.25, 0.3) is 15.9 Å². The van der Waals surface area contributed by atoms with E-state index in [1.165, 1.54) is 12.1 Å². The number of carbonyl (C=O) groups excluding carboxylic acids is 1. The molecular formula is C12H15NO4S. The van der Waals surface area contributed by atoms with Crippen molar-refractivity contribution in [2.45, 2.75) is 31.7 Å². The number of fused-ring (bicyclic) bond motifs is 1. The van der Waals surface area contributed by atoms with E-state index >= 15 is 0 Å². The first kappa shape index (κ1) is 12.9. The maximum Gasteiger partial charge on any atom is 0.269 e. The fraction of sp³-hybridized carbons (Fsp3) is 0.417. The van der Waals surface area contributed by atoms with Crippen LogP contribution in [-0.4, -0.2) is 31.3 Å². The molecule has 5 nitrogen and oxygen atoms in total. The van der Waals surface area contributed by atoms with Gasteiger partial charge in [-0.05, 0) is 32.9 Å². The largest absolute Gasteiger partial charge is 0.494 e. The second-order valence-electron chi connectivity index (χ2n) is 4.29. The van der Waals surface area contributed by atoms with Crippen LogP contribution in [0.3, 0.4) is 0 Å². The molecule has 1 aliphatic rings. The minimum atomic E-state index is -3.73. The highest BCUT2D eigenvalue weighted by molar-refractivity contribution is 7.90. The number of rotatable bonds is 3. The van der Waals surface area contributed by atoms with E-state index in [2.05, 4.69) is 0 Å². The van der Waals surface area contributed by atoms with Crippen LogP contribution in [0.15, 0.2) is 23.1 Å². The van der Waals surface area contributed by atoms with Gasteiger partial charge in [0.15, 0.2) is 0 Å². The Hall–Kier alpha value is -1.56. The normalized spacial score (nSPS) is 17.1. The molecule has 0 fully saturated rings. The number of nitrogens with zero attached hydrogens (tertiary/aromatic N) is 1. The molecule has 1 aromatic rings. The molecule has 98 valence electrons. The van der Waals surface area contributed by atoms with E-state index in [1.54, 1.807) is 19.9 Å². The Morgan fingerprint density at radius 3 is 2.56 bits per heavy atom. The first-order chi connectivity index (χ1) is 8.39. The Kier molecular flexibility index (Phi) is 3.06. The lowest BCUT2D eigenvalue weighted by atomic mass is 10.2. The Bertz CT molecular complexity index is 592. The zero-order valence-electron chi connectivity index (χ0n) is 10.5. The Labute approximate surface area is 106 Å². The van der Waals surface area contributed by atoms with Gasteiger partial charge in [-0.15, -0.1) is 0 Å². The summed E-state index contributed by atoms with van der Waals surface area (Å²) in [5.41, 5.74) is 0.215. The van der Waals surface area contributed by atoms with Crippen LogP contribution in [0.1, 0.15) is 31.1 Å². The third-order valence-electron chi connectivity index (χ3n) is 2.70. The van der Waals surface area contributed by atoms with Crippen molar-refractivity contribution in [3.05, 3.63) is 23.8 Å². The minimum Gasteiger partial charge on any atom is -0.494 e. The molecular weight excluding hydrogens is 254 g/mol. The van der Waals surface area contributed by atoms with Crippen molar-refractivity contribution in [2.24, 2.45) is 0 Å². The standard InChI is InChI=1S/C12H15NO4S/c1-4-17-9-5-6-10-11(7-9)18(15,16)13(8(2)3)12(10)14/h5-8H,4H2,1-3H3. The second kappa shape index (κ2) is 4.28. The Balaban J connectivity index is 2.59. The summed E-state index contributed by atoms with van der Waals surface area (Å²) in [6, 6.07) is 4.13. The van der Waals surface area contributed by atoms with Crippen molar-refractivity contribution in [3.63, 3.8) is 0 Å². The topological polar surface area (TPSA) is 63.7 Å². The highest BCUT2D eigenvalue weighted by atomic mass is 32.2. The molecule has 18 heavy (non-hydrogen) atoms. The van der Waals surface area contributed by atoms with Crippen molar-refractivity contribution in [1.29, 1.82) is 0 Å². The van der Waals surface area contributed by atoms with Crippen LogP contribution in [0.2, 0.25) is 0 Å². The van der Waals surface area contributed by atoms with Crippen molar-refractivity contribution in [1.82, 2.24) is 4.31 Å². The number of sulfonamides is 1. The number of carbonyl (C=O) groups is 1. The number of hydrogen-bond donors (Lipinski definition) is 0. The third kappa shape index (κ3) is 1.77. The van der Waals surface area contributed by atoms with Crippen LogP contribution >= 0.6 is 0 Å². The maximum absolute atomic E-state index is 12.2. The van der Waals surface area contributed by atoms with Gasteiger partial charge in [0.2, 0.25) is 0 Å². The predicted octanol–water partition coefficient (Wildman–Crippen LogP) is 1.64. The molecule has 0 unspecified atom stereocenters. The molecule has 6 heteroatoms. The minimum absolute atomic E-state index is 0.0344. The quantitative estimate of drug-likeness (QED) is 0.836. The van der Waals surface area contributed by atoms with Gasteiger partial charge in [-0.2, -0.15) is 0 Å². The third-order valence-corrected chi connectivity index (χ3v) is 4.70. The first-order valence-electron chi connectivity index (χ1n) is 5.75. The van der Waals surface area contributed by atoms with Gasteiger partial charge in [-0.3, -0.25) is 4.79 Å². The Morgan fingerprint density at radius 2 is 2.00 bits per heavy atom.